The highest BCUT2D eigenvalue weighted by Gasteiger charge is 2.45. The Bertz CT molecular complexity index is 1380. The van der Waals surface area contributed by atoms with Crippen LogP contribution < -0.4 is 5.56 Å². The van der Waals surface area contributed by atoms with Crippen LogP contribution in [0.2, 0.25) is 0 Å². The highest BCUT2D eigenvalue weighted by atomic mass is 19.1. The van der Waals surface area contributed by atoms with E-state index in [1.807, 2.05) is 0 Å². The van der Waals surface area contributed by atoms with Gasteiger partial charge in [0.25, 0.3) is 5.56 Å². The maximum absolute atomic E-state index is 14.7. The van der Waals surface area contributed by atoms with Gasteiger partial charge >= 0.3 is 5.97 Å². The number of fused-ring (bicyclic) bond motifs is 5. The van der Waals surface area contributed by atoms with Crippen molar-refractivity contribution in [3.63, 3.8) is 0 Å². The van der Waals surface area contributed by atoms with Gasteiger partial charge in [0.1, 0.15) is 6.61 Å². The molecule has 7 nitrogen and oxygen atoms in total. The van der Waals surface area contributed by atoms with Crippen LogP contribution in [0.5, 0.6) is 5.75 Å². The van der Waals surface area contributed by atoms with Crippen LogP contribution in [0.1, 0.15) is 42.5 Å². The molecule has 0 spiro atoms. The van der Waals surface area contributed by atoms with Gasteiger partial charge in [-0.05, 0) is 24.5 Å². The van der Waals surface area contributed by atoms with E-state index in [1.54, 1.807) is 13.8 Å². The third kappa shape index (κ3) is 2.38. The van der Waals surface area contributed by atoms with Crippen LogP contribution in [0.4, 0.5) is 8.78 Å². The van der Waals surface area contributed by atoms with Gasteiger partial charge in [-0.2, -0.15) is 0 Å². The van der Waals surface area contributed by atoms with Gasteiger partial charge in [0, 0.05) is 22.6 Å². The van der Waals surface area contributed by atoms with E-state index in [4.69, 9.17) is 4.74 Å². The number of esters is 1. The number of aliphatic hydroxyl groups is 1. The van der Waals surface area contributed by atoms with Gasteiger partial charge in [0.2, 0.25) is 0 Å². The molecule has 2 aliphatic rings. The summed E-state index contributed by atoms with van der Waals surface area (Å²) in [6.07, 6.45) is 0.363. The Labute approximate surface area is 174 Å². The van der Waals surface area contributed by atoms with Crippen LogP contribution in [-0.4, -0.2) is 25.7 Å². The smallest absolute Gasteiger partial charge is 0.343 e. The Morgan fingerprint density at radius 3 is 2.65 bits per heavy atom. The van der Waals surface area contributed by atoms with Gasteiger partial charge in [-0.15, -0.1) is 0 Å². The first-order valence-corrected chi connectivity index (χ1v) is 9.92. The molecule has 0 bridgehead atoms. The predicted molar refractivity (Wildman–Crippen MR) is 105 cm³/mol. The van der Waals surface area contributed by atoms with Crippen LogP contribution in [0.15, 0.2) is 16.9 Å². The Hall–Kier alpha value is -3.33. The third-order valence-corrected chi connectivity index (χ3v) is 6.31. The highest BCUT2D eigenvalue weighted by molar-refractivity contribution is 5.90. The Balaban J connectivity index is 1.86. The van der Waals surface area contributed by atoms with Crippen LogP contribution >= 0.6 is 0 Å². The minimum atomic E-state index is -1.96. The fraction of sp³-hybridized carbons (Fsp3) is 0.318. The van der Waals surface area contributed by atoms with E-state index in [0.29, 0.717) is 28.9 Å². The lowest BCUT2D eigenvalue weighted by atomic mass is 9.86. The summed E-state index contributed by atoms with van der Waals surface area (Å²) in [6, 6.07) is 2.49. The molecule has 31 heavy (non-hydrogen) atoms. The van der Waals surface area contributed by atoms with Crippen molar-refractivity contribution < 1.29 is 28.5 Å². The zero-order valence-electron chi connectivity index (χ0n) is 16.8. The van der Waals surface area contributed by atoms with Crippen molar-refractivity contribution in [1.29, 1.82) is 0 Å². The molecule has 0 aliphatic carbocycles. The van der Waals surface area contributed by atoms with Crippen molar-refractivity contribution in [2.75, 3.05) is 0 Å². The fourth-order valence-corrected chi connectivity index (χ4v) is 4.64. The molecule has 1 aromatic carbocycles. The summed E-state index contributed by atoms with van der Waals surface area (Å²) >= 11 is 0. The number of nitrogens with zero attached hydrogens (tertiary/aromatic N) is 2. The average Bonchev–Trinajstić information content (AvgIpc) is 3.12. The summed E-state index contributed by atoms with van der Waals surface area (Å²) in [5.74, 6) is -4.13. The lowest BCUT2D eigenvalue weighted by Crippen LogP contribution is -2.44. The second-order valence-corrected chi connectivity index (χ2v) is 7.79. The largest absolute Gasteiger partial charge is 0.503 e. The van der Waals surface area contributed by atoms with E-state index in [2.05, 4.69) is 4.98 Å². The monoisotopic (exact) mass is 428 g/mol. The molecule has 0 unspecified atom stereocenters. The van der Waals surface area contributed by atoms with Crippen molar-refractivity contribution in [3.8, 4) is 17.1 Å². The van der Waals surface area contributed by atoms with E-state index < -0.39 is 34.5 Å². The SMILES string of the molecule is CCc1c2c(nc3cc(F)c(O)c(F)c13)-c1cc3c(c(=O)n1C2)COC(=O)[C@]3(O)CC. The average molecular weight is 428 g/mol. The molecule has 0 saturated heterocycles. The van der Waals surface area contributed by atoms with Crippen molar-refractivity contribution in [1.82, 2.24) is 9.55 Å². The van der Waals surface area contributed by atoms with Crippen molar-refractivity contribution in [2.45, 2.75) is 45.4 Å². The summed E-state index contributed by atoms with van der Waals surface area (Å²) in [4.78, 5) is 29.9. The molecule has 5 rings (SSSR count). The molecule has 2 aromatic heterocycles. The fourth-order valence-electron chi connectivity index (χ4n) is 4.64. The molecule has 1 atom stereocenters. The van der Waals surface area contributed by atoms with Crippen LogP contribution in [0.25, 0.3) is 22.3 Å². The Kier molecular flexibility index (Phi) is 4.01. The first-order valence-electron chi connectivity index (χ1n) is 9.92. The van der Waals surface area contributed by atoms with Crippen molar-refractivity contribution in [2.24, 2.45) is 0 Å². The second-order valence-electron chi connectivity index (χ2n) is 7.79. The number of aromatic nitrogens is 2. The number of rotatable bonds is 2. The molecule has 0 saturated carbocycles. The summed E-state index contributed by atoms with van der Waals surface area (Å²) in [6.45, 7) is 3.23. The quantitative estimate of drug-likeness (QED) is 0.476. The lowest BCUT2D eigenvalue weighted by molar-refractivity contribution is -0.172. The number of carbonyl (C=O) groups is 1. The lowest BCUT2D eigenvalue weighted by Gasteiger charge is -2.31. The van der Waals surface area contributed by atoms with Gasteiger partial charge in [0.15, 0.2) is 23.0 Å². The van der Waals surface area contributed by atoms with Gasteiger partial charge < -0.3 is 19.5 Å². The van der Waals surface area contributed by atoms with E-state index in [0.717, 1.165) is 6.07 Å². The number of aromatic hydroxyl groups is 1. The minimum absolute atomic E-state index is 0.00665. The zero-order chi connectivity index (χ0) is 22.2. The zero-order valence-corrected chi connectivity index (χ0v) is 16.8. The normalized spacial score (nSPS) is 19.2. The number of aryl methyl sites for hydroxylation is 1. The summed E-state index contributed by atoms with van der Waals surface area (Å²) < 4.78 is 35.2. The highest BCUT2D eigenvalue weighted by Crippen LogP contribution is 2.41. The number of ether oxygens (including phenoxy) is 1. The number of hydrogen-bond donors (Lipinski definition) is 2. The van der Waals surface area contributed by atoms with Crippen molar-refractivity contribution in [3.05, 3.63) is 56.4 Å². The number of carbonyl (C=O) groups excluding carboxylic acids is 1. The van der Waals surface area contributed by atoms with Gasteiger partial charge in [0.05, 0.1) is 29.0 Å². The van der Waals surface area contributed by atoms with E-state index in [-0.39, 0.29) is 41.6 Å². The number of halogens is 2. The minimum Gasteiger partial charge on any atom is -0.503 e. The molecule has 4 heterocycles. The van der Waals surface area contributed by atoms with Gasteiger partial charge in [-0.3, -0.25) is 4.79 Å². The standard InChI is InChI=1S/C22H18F2N2O5/c1-3-9-10-7-26-15(18(10)25-14-6-13(23)19(27)17(24)16(9)14)5-12-11(20(26)28)8-31-21(29)22(12,30)4-2/h5-6,27,30H,3-4,7-8H2,1-2H3/t22-/m0/s1. The van der Waals surface area contributed by atoms with Gasteiger partial charge in [-0.25, -0.2) is 18.6 Å². The molecule has 3 aromatic rings. The maximum atomic E-state index is 14.7. The topological polar surface area (TPSA) is 102 Å². The summed E-state index contributed by atoms with van der Waals surface area (Å²) in [7, 11) is 0. The molecule has 0 fully saturated rings. The molecule has 160 valence electrons. The number of cyclic esters (lactones) is 1. The molecule has 0 radical (unpaired) electrons. The molecule has 2 aliphatic heterocycles. The first-order chi connectivity index (χ1) is 14.7. The first kappa shape index (κ1) is 19.6. The molecule has 2 N–H and O–H groups in total. The number of pyridine rings is 2. The van der Waals surface area contributed by atoms with Crippen LogP contribution in [0, 0.1) is 11.6 Å². The number of phenolic OH excluding ortho intramolecular Hbond substituents is 1. The van der Waals surface area contributed by atoms with Crippen molar-refractivity contribution >= 4 is 16.9 Å². The summed E-state index contributed by atoms with van der Waals surface area (Å²) in [5, 5.41) is 20.7. The predicted octanol–water partition coefficient (Wildman–Crippen LogP) is 2.63. The second kappa shape index (κ2) is 6.34. The van der Waals surface area contributed by atoms with E-state index in [1.165, 1.54) is 10.6 Å². The maximum Gasteiger partial charge on any atom is 0.343 e. The van der Waals surface area contributed by atoms with Crippen LogP contribution in [0.3, 0.4) is 0 Å². The van der Waals surface area contributed by atoms with E-state index in [9.17, 15) is 28.6 Å². The molecular weight excluding hydrogens is 410 g/mol. The number of benzene rings is 1. The number of phenols is 1. The molecule has 9 heteroatoms. The Morgan fingerprint density at radius 2 is 1.97 bits per heavy atom. The summed E-state index contributed by atoms with van der Waals surface area (Å²) in [5.41, 5.74) is -0.260. The van der Waals surface area contributed by atoms with E-state index >= 15 is 0 Å². The van der Waals surface area contributed by atoms with Gasteiger partial charge in [-0.1, -0.05) is 13.8 Å². The third-order valence-electron chi connectivity index (χ3n) is 6.31. The Morgan fingerprint density at radius 1 is 1.23 bits per heavy atom. The number of hydrogen-bond acceptors (Lipinski definition) is 6. The van der Waals surface area contributed by atoms with Crippen LogP contribution in [-0.2, 0) is 34.7 Å². The molecular formula is C22H18F2N2O5. The molecule has 0 amide bonds.